The summed E-state index contributed by atoms with van der Waals surface area (Å²) in [6.45, 7) is 0. The number of rotatable bonds is 3. The van der Waals surface area contributed by atoms with Gasteiger partial charge in [-0.25, -0.2) is 4.39 Å². The van der Waals surface area contributed by atoms with Crippen LogP contribution in [0.2, 0.25) is 0 Å². The number of nitro groups is 1. The number of amides is 1. The van der Waals surface area contributed by atoms with Crippen LogP contribution in [-0.2, 0) is 0 Å². The minimum atomic E-state index is -0.812. The molecule has 0 spiro atoms. The highest BCUT2D eigenvalue weighted by Gasteiger charge is 2.19. The molecule has 1 amide bonds. The molecule has 0 unspecified atom stereocenters. The number of anilines is 2. The number of nitro benzene ring substituents is 1. The number of nitrogens with one attached hydrogen (secondary N) is 2. The van der Waals surface area contributed by atoms with Crippen LogP contribution in [0.5, 0.6) is 0 Å². The lowest BCUT2D eigenvalue weighted by Crippen LogP contribution is -2.15. The predicted molar refractivity (Wildman–Crippen MR) is 61.8 cm³/mol. The molecule has 1 heterocycles. The van der Waals surface area contributed by atoms with Gasteiger partial charge < -0.3 is 11.1 Å². The van der Waals surface area contributed by atoms with E-state index in [1.54, 1.807) is 0 Å². The smallest absolute Gasteiger partial charge is 0.295 e. The van der Waals surface area contributed by atoms with Gasteiger partial charge in [0.1, 0.15) is 11.5 Å². The Hall–Kier alpha value is -3.04. The van der Waals surface area contributed by atoms with Crippen LogP contribution in [-0.4, -0.2) is 26.0 Å². The molecule has 0 bridgehead atoms. The lowest BCUT2D eigenvalue weighted by atomic mass is 10.2. The van der Waals surface area contributed by atoms with E-state index in [0.717, 1.165) is 12.1 Å². The summed E-state index contributed by atoms with van der Waals surface area (Å²) >= 11 is 0. The third-order valence-electron chi connectivity index (χ3n) is 2.12. The van der Waals surface area contributed by atoms with Crippen LogP contribution >= 0.6 is 0 Å². The number of hydrogen-bond donors (Lipinski definition) is 3. The van der Waals surface area contributed by atoms with E-state index < -0.39 is 22.3 Å². The maximum atomic E-state index is 12.9. The topological polar surface area (TPSA) is 140 Å². The number of nitrogen functional groups attached to an aromatic ring is 1. The zero-order valence-electron chi connectivity index (χ0n) is 9.25. The first-order valence-corrected chi connectivity index (χ1v) is 4.90. The summed E-state index contributed by atoms with van der Waals surface area (Å²) in [5.41, 5.74) is 4.49. The molecule has 98 valence electrons. The van der Waals surface area contributed by atoms with Gasteiger partial charge in [-0.15, -0.1) is 5.10 Å². The van der Waals surface area contributed by atoms with E-state index in [9.17, 15) is 19.3 Å². The summed E-state index contributed by atoms with van der Waals surface area (Å²) in [7, 11) is 0. The van der Waals surface area contributed by atoms with Crippen molar-refractivity contribution in [2.75, 3.05) is 11.1 Å². The van der Waals surface area contributed by atoms with Crippen LogP contribution in [0.25, 0.3) is 0 Å². The van der Waals surface area contributed by atoms with Crippen LogP contribution in [0.1, 0.15) is 10.6 Å². The molecule has 0 fully saturated rings. The molecule has 2 rings (SSSR count). The summed E-state index contributed by atoms with van der Waals surface area (Å²) in [6, 6.07) is 2.76. The number of benzene rings is 1. The molecular weight excluding hydrogens is 259 g/mol. The third kappa shape index (κ3) is 2.62. The van der Waals surface area contributed by atoms with Crippen molar-refractivity contribution in [2.45, 2.75) is 0 Å². The number of aromatic nitrogens is 3. The van der Waals surface area contributed by atoms with Crippen LogP contribution < -0.4 is 11.1 Å². The minimum absolute atomic E-state index is 0.140. The number of hydrogen-bond acceptors (Lipinski definition) is 6. The Balaban J connectivity index is 2.28. The molecule has 0 atom stereocenters. The number of H-pyrrole nitrogens is 1. The fourth-order valence-electron chi connectivity index (χ4n) is 1.32. The molecule has 1 aromatic carbocycles. The highest BCUT2D eigenvalue weighted by molar-refractivity contribution is 6.02. The van der Waals surface area contributed by atoms with Gasteiger partial charge in [-0.1, -0.05) is 0 Å². The maximum Gasteiger partial charge on any atom is 0.295 e. The van der Waals surface area contributed by atoms with Gasteiger partial charge in [0.25, 0.3) is 11.6 Å². The number of halogens is 1. The van der Waals surface area contributed by atoms with E-state index in [1.165, 1.54) is 0 Å². The lowest BCUT2D eigenvalue weighted by Gasteiger charge is -2.03. The fraction of sp³-hybridized carbons (Fsp3) is 0. The minimum Gasteiger partial charge on any atom is -0.366 e. The van der Waals surface area contributed by atoms with Crippen LogP contribution in [0, 0.1) is 15.9 Å². The molecule has 0 saturated carbocycles. The van der Waals surface area contributed by atoms with Crippen molar-refractivity contribution < 1.29 is 14.1 Å². The third-order valence-corrected chi connectivity index (χ3v) is 2.12. The van der Waals surface area contributed by atoms with E-state index in [-0.39, 0.29) is 17.5 Å². The van der Waals surface area contributed by atoms with Crippen molar-refractivity contribution >= 4 is 23.2 Å². The van der Waals surface area contributed by atoms with Gasteiger partial charge in [0.05, 0.1) is 11.0 Å². The molecule has 9 nitrogen and oxygen atoms in total. The van der Waals surface area contributed by atoms with E-state index in [4.69, 9.17) is 5.73 Å². The number of nitrogens with two attached hydrogens (primary N) is 1. The molecule has 0 aliphatic carbocycles. The lowest BCUT2D eigenvalue weighted by molar-refractivity contribution is -0.384. The van der Waals surface area contributed by atoms with Gasteiger partial charge in [0.15, 0.2) is 0 Å². The molecule has 0 aliphatic rings. The SMILES string of the molecule is Nc1n[nH]c(C(=O)Nc2ccc(F)cc2[N+](=O)[O-])n1. The van der Waals surface area contributed by atoms with Gasteiger partial charge in [-0.2, -0.15) is 4.98 Å². The van der Waals surface area contributed by atoms with Crippen molar-refractivity contribution in [2.24, 2.45) is 0 Å². The molecule has 0 radical (unpaired) electrons. The second kappa shape index (κ2) is 4.68. The Morgan fingerprint density at radius 3 is 2.84 bits per heavy atom. The van der Waals surface area contributed by atoms with Gasteiger partial charge in [-0.3, -0.25) is 20.0 Å². The molecule has 2 aromatic rings. The van der Waals surface area contributed by atoms with Gasteiger partial charge in [0.2, 0.25) is 11.8 Å². The summed E-state index contributed by atoms with van der Waals surface area (Å²) < 4.78 is 12.9. The molecule has 0 aliphatic heterocycles. The quantitative estimate of drug-likeness (QED) is 0.551. The first kappa shape index (κ1) is 12.4. The standard InChI is InChI=1S/C9H7FN6O3/c10-4-1-2-5(6(3-4)16(18)19)12-8(17)7-13-9(11)15-14-7/h1-3H,(H,12,17)(H3,11,13,14,15). The maximum absolute atomic E-state index is 12.9. The zero-order valence-corrected chi connectivity index (χ0v) is 9.25. The molecule has 10 heteroatoms. The zero-order chi connectivity index (χ0) is 14.0. The Morgan fingerprint density at radius 1 is 1.53 bits per heavy atom. The van der Waals surface area contributed by atoms with E-state index >= 15 is 0 Å². The van der Waals surface area contributed by atoms with Gasteiger partial charge in [0, 0.05) is 0 Å². The summed E-state index contributed by atoms with van der Waals surface area (Å²) in [6.07, 6.45) is 0. The number of carbonyl (C=O) groups is 1. The fourth-order valence-corrected chi connectivity index (χ4v) is 1.32. The van der Waals surface area contributed by atoms with E-state index in [2.05, 4.69) is 20.5 Å². The molecule has 1 aromatic heterocycles. The first-order chi connectivity index (χ1) is 8.97. The van der Waals surface area contributed by atoms with Gasteiger partial charge >= 0.3 is 0 Å². The Morgan fingerprint density at radius 2 is 2.26 bits per heavy atom. The van der Waals surface area contributed by atoms with E-state index in [1.807, 2.05) is 0 Å². The van der Waals surface area contributed by atoms with Crippen molar-refractivity contribution in [3.8, 4) is 0 Å². The monoisotopic (exact) mass is 266 g/mol. The summed E-state index contributed by atoms with van der Waals surface area (Å²) in [5, 5.41) is 18.6. The molecule has 4 N–H and O–H groups in total. The summed E-state index contributed by atoms with van der Waals surface area (Å²) in [5.74, 6) is -1.91. The van der Waals surface area contributed by atoms with Crippen molar-refractivity contribution in [1.82, 2.24) is 15.2 Å². The van der Waals surface area contributed by atoms with Crippen LogP contribution in [0.4, 0.5) is 21.7 Å². The molecule has 0 saturated heterocycles. The highest BCUT2D eigenvalue weighted by Crippen LogP contribution is 2.25. The largest absolute Gasteiger partial charge is 0.366 e. The average molecular weight is 266 g/mol. The Labute approximate surface area is 104 Å². The average Bonchev–Trinajstić information content (AvgIpc) is 2.78. The predicted octanol–water partition coefficient (Wildman–Crippen LogP) is 0.686. The Kier molecular flexibility index (Phi) is 3.06. The van der Waals surface area contributed by atoms with Crippen molar-refractivity contribution in [1.29, 1.82) is 0 Å². The second-order valence-electron chi connectivity index (χ2n) is 3.41. The van der Waals surface area contributed by atoms with Crippen LogP contribution in [0.3, 0.4) is 0 Å². The van der Waals surface area contributed by atoms with Crippen molar-refractivity contribution in [3.05, 3.63) is 40.0 Å². The second-order valence-corrected chi connectivity index (χ2v) is 3.41. The molecular formula is C9H7FN6O3. The number of carbonyl (C=O) groups excluding carboxylic acids is 1. The normalized spacial score (nSPS) is 10.2. The summed E-state index contributed by atoms with van der Waals surface area (Å²) in [4.78, 5) is 25.1. The molecule has 19 heavy (non-hydrogen) atoms. The Bertz CT molecular complexity index is 655. The number of nitrogens with zero attached hydrogens (tertiary/aromatic N) is 3. The van der Waals surface area contributed by atoms with Crippen LogP contribution in [0.15, 0.2) is 18.2 Å². The first-order valence-electron chi connectivity index (χ1n) is 4.90. The van der Waals surface area contributed by atoms with Gasteiger partial charge in [-0.05, 0) is 12.1 Å². The number of aromatic amines is 1. The highest BCUT2D eigenvalue weighted by atomic mass is 19.1. The van der Waals surface area contributed by atoms with E-state index in [0.29, 0.717) is 6.07 Å². The van der Waals surface area contributed by atoms with Crippen molar-refractivity contribution in [3.63, 3.8) is 0 Å².